The lowest BCUT2D eigenvalue weighted by atomic mass is 10.5. The van der Waals surface area contributed by atoms with Gasteiger partial charge in [-0.1, -0.05) is 11.8 Å². The molecule has 3 N–H and O–H groups in total. The highest BCUT2D eigenvalue weighted by atomic mass is 32.2. The molecule has 15 heavy (non-hydrogen) atoms. The minimum Gasteiger partial charge on any atom is -0.308 e. The van der Waals surface area contributed by atoms with E-state index in [9.17, 15) is 4.79 Å². The number of amides is 1. The maximum Gasteiger partial charge on any atom is 0.267 e. The van der Waals surface area contributed by atoms with Gasteiger partial charge in [-0.2, -0.15) is 5.10 Å². The summed E-state index contributed by atoms with van der Waals surface area (Å²) in [7, 11) is 4.00. The van der Waals surface area contributed by atoms with Gasteiger partial charge in [0.05, 0.1) is 0 Å². The Labute approximate surface area is 93.8 Å². The number of hydrazone groups is 1. The highest BCUT2D eigenvalue weighted by molar-refractivity contribution is 7.99. The summed E-state index contributed by atoms with van der Waals surface area (Å²) in [5.41, 5.74) is 2.86. The predicted octanol–water partition coefficient (Wildman–Crippen LogP) is -1.18. The molecule has 0 saturated heterocycles. The van der Waals surface area contributed by atoms with Crippen LogP contribution in [0.15, 0.2) is 5.10 Å². The van der Waals surface area contributed by atoms with Crippen molar-refractivity contribution in [2.24, 2.45) is 5.10 Å². The Morgan fingerprint density at radius 1 is 1.67 bits per heavy atom. The number of nitrogens with zero attached hydrogens (tertiary/aromatic N) is 2. The van der Waals surface area contributed by atoms with Crippen LogP contribution in [0.2, 0.25) is 0 Å². The summed E-state index contributed by atoms with van der Waals surface area (Å²) in [6, 6.07) is 0. The van der Waals surface area contributed by atoms with Gasteiger partial charge in [0.25, 0.3) is 5.91 Å². The first kappa shape index (κ1) is 12.3. The summed E-state index contributed by atoms with van der Waals surface area (Å²) in [4.78, 5) is 13.2. The van der Waals surface area contributed by atoms with Crippen LogP contribution in [-0.4, -0.2) is 55.6 Å². The lowest BCUT2D eigenvalue weighted by Crippen LogP contribution is -2.67. The fourth-order valence-corrected chi connectivity index (χ4v) is 1.72. The molecule has 86 valence electrons. The Bertz CT molecular complexity index is 257. The summed E-state index contributed by atoms with van der Waals surface area (Å²) in [5.74, 6) is -0.194. The Hall–Kier alpha value is -0.790. The molecule has 1 heterocycles. The maximum atomic E-state index is 11.2. The van der Waals surface area contributed by atoms with E-state index in [-0.39, 0.29) is 5.91 Å². The summed E-state index contributed by atoms with van der Waals surface area (Å²) in [6.07, 6.45) is 3.12. The molecule has 1 atom stereocenters. The quantitative estimate of drug-likeness (QED) is 0.520. The number of carbonyl (C=O) groups excluding carboxylic acids is 1. The maximum absolute atomic E-state index is 11.2. The lowest BCUT2D eigenvalue weighted by Gasteiger charge is -2.35. The molecule has 0 spiro atoms. The van der Waals surface area contributed by atoms with Gasteiger partial charge in [-0.25, -0.2) is 0 Å². The number of nitrogens with one attached hydrogen (secondary N) is 3. The van der Waals surface area contributed by atoms with Gasteiger partial charge in [-0.3, -0.25) is 15.5 Å². The van der Waals surface area contributed by atoms with Crippen molar-refractivity contribution in [2.45, 2.75) is 5.12 Å². The molecule has 1 rings (SSSR count). The molecule has 1 aliphatic heterocycles. The first-order valence-corrected chi connectivity index (χ1v) is 5.88. The van der Waals surface area contributed by atoms with Gasteiger partial charge >= 0.3 is 0 Å². The smallest absolute Gasteiger partial charge is 0.267 e. The second-order valence-electron chi connectivity index (χ2n) is 3.47. The Morgan fingerprint density at radius 3 is 2.93 bits per heavy atom. The number of carbonyl (C=O) groups is 1. The van der Waals surface area contributed by atoms with Crippen molar-refractivity contribution in [1.29, 1.82) is 0 Å². The van der Waals surface area contributed by atoms with Crippen molar-refractivity contribution < 1.29 is 4.79 Å². The van der Waals surface area contributed by atoms with Gasteiger partial charge in [0, 0.05) is 13.1 Å². The van der Waals surface area contributed by atoms with E-state index >= 15 is 0 Å². The van der Waals surface area contributed by atoms with E-state index in [0.29, 0.717) is 0 Å². The third-order valence-electron chi connectivity index (χ3n) is 1.94. The molecule has 0 aromatic heterocycles. The lowest BCUT2D eigenvalue weighted by molar-refractivity contribution is -0.116. The molecular weight excluding hydrogens is 214 g/mol. The summed E-state index contributed by atoms with van der Waals surface area (Å²) < 4.78 is 0. The van der Waals surface area contributed by atoms with Crippen molar-refractivity contribution in [2.75, 3.05) is 33.4 Å². The Kier molecular flexibility index (Phi) is 4.37. The average Bonchev–Trinajstić information content (AvgIpc) is 2.17. The molecule has 0 bridgehead atoms. The standard InChI is InChI=1S/C8H17N5OS/c1-13(2)5-4-9-8(15-3)11-7(14)6-10-12-8/h6,9,12H,4-5H2,1-3H3,(H,11,14)/t8-/m1/s1. The zero-order valence-corrected chi connectivity index (χ0v) is 10.0. The van der Waals surface area contributed by atoms with Crippen molar-refractivity contribution in [3.05, 3.63) is 0 Å². The van der Waals surface area contributed by atoms with Crippen LogP contribution >= 0.6 is 11.8 Å². The SMILES string of the molecule is CS[C@@]1(NCCN(C)C)NN=CC(=O)N1. The monoisotopic (exact) mass is 231 g/mol. The molecule has 0 aromatic carbocycles. The first-order chi connectivity index (χ1) is 7.08. The molecule has 0 unspecified atom stereocenters. The predicted molar refractivity (Wildman–Crippen MR) is 62.6 cm³/mol. The number of hydrogen-bond acceptors (Lipinski definition) is 6. The van der Waals surface area contributed by atoms with Gasteiger partial charge in [-0.05, 0) is 20.4 Å². The van der Waals surface area contributed by atoms with Crippen LogP contribution in [0.25, 0.3) is 0 Å². The molecule has 0 aliphatic carbocycles. The third-order valence-corrected chi connectivity index (χ3v) is 2.89. The summed E-state index contributed by atoms with van der Waals surface area (Å²) >= 11 is 1.46. The number of hydrogen-bond donors (Lipinski definition) is 3. The minimum atomic E-state index is -0.679. The van der Waals surface area contributed by atoms with Crippen LogP contribution in [0.5, 0.6) is 0 Å². The van der Waals surface area contributed by atoms with Crippen LogP contribution in [0.1, 0.15) is 0 Å². The Balaban J connectivity index is 2.46. The fraction of sp³-hybridized carbons (Fsp3) is 0.750. The van der Waals surface area contributed by atoms with Crippen LogP contribution in [0.3, 0.4) is 0 Å². The fourth-order valence-electron chi connectivity index (χ4n) is 1.12. The van der Waals surface area contributed by atoms with Gasteiger partial charge in [0.2, 0.25) is 5.12 Å². The molecule has 1 aliphatic rings. The zero-order valence-electron chi connectivity index (χ0n) is 9.20. The van der Waals surface area contributed by atoms with Crippen molar-refractivity contribution >= 4 is 23.9 Å². The van der Waals surface area contributed by atoms with E-state index < -0.39 is 5.12 Å². The molecule has 0 radical (unpaired) electrons. The number of rotatable bonds is 5. The number of thioether (sulfide) groups is 1. The second-order valence-corrected chi connectivity index (χ2v) is 4.50. The van der Waals surface area contributed by atoms with Crippen LogP contribution in [0, 0.1) is 0 Å². The van der Waals surface area contributed by atoms with Crippen molar-refractivity contribution in [3.63, 3.8) is 0 Å². The van der Waals surface area contributed by atoms with Gasteiger partial charge in [-0.15, -0.1) is 0 Å². The van der Waals surface area contributed by atoms with Crippen molar-refractivity contribution in [3.8, 4) is 0 Å². The highest BCUT2D eigenvalue weighted by Gasteiger charge is 2.31. The summed E-state index contributed by atoms with van der Waals surface area (Å²) in [5, 5.41) is 9.12. The number of likely N-dealkylation sites (N-methyl/N-ethyl adjacent to an activating group) is 1. The second kappa shape index (κ2) is 5.34. The van der Waals surface area contributed by atoms with Gasteiger partial charge < -0.3 is 10.2 Å². The van der Waals surface area contributed by atoms with E-state index in [0.717, 1.165) is 13.1 Å². The molecule has 0 aromatic rings. The average molecular weight is 231 g/mol. The summed E-state index contributed by atoms with van der Waals surface area (Å²) in [6.45, 7) is 1.65. The van der Waals surface area contributed by atoms with E-state index in [1.807, 2.05) is 20.4 Å². The van der Waals surface area contributed by atoms with E-state index in [2.05, 4.69) is 26.1 Å². The first-order valence-electron chi connectivity index (χ1n) is 4.65. The van der Waals surface area contributed by atoms with Crippen LogP contribution in [-0.2, 0) is 4.79 Å². The largest absolute Gasteiger partial charge is 0.308 e. The third kappa shape index (κ3) is 3.69. The highest BCUT2D eigenvalue weighted by Crippen LogP contribution is 2.13. The minimum absolute atomic E-state index is 0.194. The Morgan fingerprint density at radius 2 is 2.40 bits per heavy atom. The molecule has 6 nitrogen and oxygen atoms in total. The molecule has 0 saturated carbocycles. The molecule has 1 amide bonds. The normalized spacial score (nSPS) is 25.2. The van der Waals surface area contributed by atoms with Gasteiger partial charge in [0.15, 0.2) is 0 Å². The topological polar surface area (TPSA) is 68.8 Å². The van der Waals surface area contributed by atoms with Crippen molar-refractivity contribution in [1.82, 2.24) is 21.0 Å². The van der Waals surface area contributed by atoms with Crippen LogP contribution < -0.4 is 16.1 Å². The molecular formula is C8H17N5OS. The zero-order chi connectivity index (χ0) is 11.3. The van der Waals surface area contributed by atoms with E-state index in [1.54, 1.807) is 0 Å². The van der Waals surface area contributed by atoms with E-state index in [1.165, 1.54) is 18.0 Å². The molecule has 7 heteroatoms. The van der Waals surface area contributed by atoms with E-state index in [4.69, 9.17) is 0 Å². The van der Waals surface area contributed by atoms with Gasteiger partial charge in [0.1, 0.15) is 6.21 Å². The van der Waals surface area contributed by atoms with Crippen LogP contribution in [0.4, 0.5) is 0 Å². The molecule has 0 fully saturated rings.